The van der Waals surface area contributed by atoms with Crippen LogP contribution in [0.15, 0.2) is 28.7 Å². The van der Waals surface area contributed by atoms with E-state index in [9.17, 15) is 4.79 Å². The standard InChI is InChI=1S/C21H28N2O2S/c22-12-15-10-11-23(13-15)21(24)20-18(14-26-16-6-2-1-3-7-16)17-8-4-5-9-19(17)25-20/h4-5,8-9,15-16H,1-3,6-7,10-14,22H2. The van der Waals surface area contributed by atoms with Crippen LogP contribution >= 0.6 is 11.8 Å². The van der Waals surface area contributed by atoms with Crippen LogP contribution in [0.2, 0.25) is 0 Å². The Morgan fingerprint density at radius 3 is 2.77 bits per heavy atom. The zero-order valence-electron chi connectivity index (χ0n) is 15.3. The SMILES string of the molecule is NCC1CCN(C(=O)c2oc3ccccc3c2CSC2CCCCC2)C1. The van der Waals surface area contributed by atoms with Crippen LogP contribution in [0.1, 0.15) is 54.6 Å². The Bertz CT molecular complexity index is 766. The number of likely N-dealkylation sites (tertiary alicyclic amines) is 1. The Balaban J connectivity index is 1.58. The predicted octanol–water partition coefficient (Wildman–Crippen LogP) is 4.42. The van der Waals surface area contributed by atoms with E-state index in [0.717, 1.165) is 41.8 Å². The molecule has 1 amide bonds. The lowest BCUT2D eigenvalue weighted by Gasteiger charge is -2.21. The van der Waals surface area contributed by atoms with Crippen molar-refractivity contribution in [3.63, 3.8) is 0 Å². The van der Waals surface area contributed by atoms with Crippen molar-refractivity contribution in [2.24, 2.45) is 11.7 Å². The van der Waals surface area contributed by atoms with E-state index in [2.05, 4.69) is 6.07 Å². The molecule has 0 bridgehead atoms. The van der Waals surface area contributed by atoms with Gasteiger partial charge in [-0.25, -0.2) is 0 Å². The third kappa shape index (κ3) is 3.65. The van der Waals surface area contributed by atoms with Gasteiger partial charge in [-0.2, -0.15) is 11.8 Å². The molecule has 2 fully saturated rings. The maximum absolute atomic E-state index is 13.1. The van der Waals surface area contributed by atoms with Crippen molar-refractivity contribution in [1.29, 1.82) is 0 Å². The van der Waals surface area contributed by atoms with Crippen molar-refractivity contribution < 1.29 is 9.21 Å². The number of thioether (sulfide) groups is 1. The van der Waals surface area contributed by atoms with Gasteiger partial charge < -0.3 is 15.1 Å². The van der Waals surface area contributed by atoms with Crippen LogP contribution in [0.4, 0.5) is 0 Å². The second kappa shape index (κ2) is 8.05. The number of carbonyl (C=O) groups excluding carboxylic acids is 1. The molecule has 140 valence electrons. The number of para-hydroxylation sites is 1. The van der Waals surface area contributed by atoms with Crippen LogP contribution in [0.3, 0.4) is 0 Å². The molecule has 26 heavy (non-hydrogen) atoms. The van der Waals surface area contributed by atoms with Gasteiger partial charge >= 0.3 is 0 Å². The quantitative estimate of drug-likeness (QED) is 0.844. The van der Waals surface area contributed by atoms with E-state index < -0.39 is 0 Å². The number of fused-ring (bicyclic) bond motifs is 1. The van der Waals surface area contributed by atoms with E-state index in [1.807, 2.05) is 34.9 Å². The van der Waals surface area contributed by atoms with E-state index in [1.54, 1.807) is 0 Å². The number of hydrogen-bond donors (Lipinski definition) is 1. The first-order chi connectivity index (χ1) is 12.8. The highest BCUT2D eigenvalue weighted by Crippen LogP contribution is 2.35. The number of furan rings is 1. The molecule has 1 saturated carbocycles. The van der Waals surface area contributed by atoms with E-state index in [-0.39, 0.29) is 5.91 Å². The summed E-state index contributed by atoms with van der Waals surface area (Å²) in [7, 11) is 0. The third-order valence-corrected chi connectivity index (χ3v) is 7.21. The van der Waals surface area contributed by atoms with Gasteiger partial charge in [0.15, 0.2) is 5.76 Å². The highest BCUT2D eigenvalue weighted by atomic mass is 32.2. The molecule has 5 heteroatoms. The number of carbonyl (C=O) groups is 1. The zero-order chi connectivity index (χ0) is 17.9. The molecule has 1 aliphatic heterocycles. The first-order valence-electron chi connectivity index (χ1n) is 9.87. The minimum absolute atomic E-state index is 0.0383. The van der Waals surface area contributed by atoms with Crippen molar-refractivity contribution >= 4 is 28.6 Å². The van der Waals surface area contributed by atoms with Crippen LogP contribution < -0.4 is 5.73 Å². The molecule has 0 spiro atoms. The average molecular weight is 373 g/mol. The van der Waals surface area contributed by atoms with Gasteiger partial charge in [0.25, 0.3) is 5.91 Å². The topological polar surface area (TPSA) is 59.5 Å². The lowest BCUT2D eigenvalue weighted by Crippen LogP contribution is -2.30. The number of amides is 1. The Kier molecular flexibility index (Phi) is 5.55. The largest absolute Gasteiger partial charge is 0.451 e. The summed E-state index contributed by atoms with van der Waals surface area (Å²) in [5.41, 5.74) is 7.70. The molecule has 2 heterocycles. The highest BCUT2D eigenvalue weighted by molar-refractivity contribution is 7.99. The first kappa shape index (κ1) is 17.9. The van der Waals surface area contributed by atoms with Crippen molar-refractivity contribution in [3.05, 3.63) is 35.6 Å². The number of nitrogens with zero attached hydrogens (tertiary/aromatic N) is 1. The molecule has 4 rings (SSSR count). The van der Waals surface area contributed by atoms with Crippen molar-refractivity contribution in [3.8, 4) is 0 Å². The van der Waals surface area contributed by atoms with Gasteiger partial charge in [0.2, 0.25) is 0 Å². The zero-order valence-corrected chi connectivity index (χ0v) is 16.1. The Morgan fingerprint density at radius 1 is 1.19 bits per heavy atom. The summed E-state index contributed by atoms with van der Waals surface area (Å²) in [5, 5.41) is 1.81. The molecule has 1 atom stereocenters. The van der Waals surface area contributed by atoms with E-state index in [0.29, 0.717) is 23.5 Å². The van der Waals surface area contributed by atoms with Crippen LogP contribution in [0.25, 0.3) is 11.0 Å². The van der Waals surface area contributed by atoms with Crippen molar-refractivity contribution in [2.45, 2.75) is 49.5 Å². The third-order valence-electron chi connectivity index (χ3n) is 5.81. The lowest BCUT2D eigenvalue weighted by atomic mass is 10.0. The number of rotatable bonds is 5. The summed E-state index contributed by atoms with van der Waals surface area (Å²) >= 11 is 2.00. The van der Waals surface area contributed by atoms with Crippen LogP contribution in [0, 0.1) is 5.92 Å². The van der Waals surface area contributed by atoms with Gasteiger partial charge in [0.1, 0.15) is 5.58 Å². The van der Waals surface area contributed by atoms with Gasteiger partial charge in [-0.05, 0) is 37.8 Å². The molecule has 0 radical (unpaired) electrons. The Morgan fingerprint density at radius 2 is 2.00 bits per heavy atom. The molecule has 1 aromatic carbocycles. The maximum Gasteiger partial charge on any atom is 0.289 e. The fraction of sp³-hybridized carbons (Fsp3) is 0.571. The average Bonchev–Trinajstić information content (AvgIpc) is 3.31. The van der Waals surface area contributed by atoms with E-state index in [4.69, 9.17) is 10.2 Å². The number of benzene rings is 1. The monoisotopic (exact) mass is 372 g/mol. The molecule has 1 saturated heterocycles. The summed E-state index contributed by atoms with van der Waals surface area (Å²) in [5.74, 6) is 1.86. The smallest absolute Gasteiger partial charge is 0.289 e. The van der Waals surface area contributed by atoms with Crippen LogP contribution in [-0.4, -0.2) is 35.7 Å². The molecule has 2 aliphatic rings. The lowest BCUT2D eigenvalue weighted by molar-refractivity contribution is 0.0757. The second-order valence-corrected chi connectivity index (χ2v) is 8.91. The summed E-state index contributed by atoms with van der Waals surface area (Å²) < 4.78 is 6.05. The molecule has 1 unspecified atom stereocenters. The van der Waals surface area contributed by atoms with E-state index >= 15 is 0 Å². The highest BCUT2D eigenvalue weighted by Gasteiger charge is 2.30. The molecule has 4 nitrogen and oxygen atoms in total. The van der Waals surface area contributed by atoms with Crippen molar-refractivity contribution in [2.75, 3.05) is 19.6 Å². The fourth-order valence-electron chi connectivity index (χ4n) is 4.20. The van der Waals surface area contributed by atoms with Gasteiger partial charge in [-0.15, -0.1) is 0 Å². The van der Waals surface area contributed by atoms with Crippen LogP contribution in [0.5, 0.6) is 0 Å². The Labute approximate surface area is 159 Å². The van der Waals surface area contributed by atoms with Gasteiger partial charge in [-0.3, -0.25) is 4.79 Å². The van der Waals surface area contributed by atoms with Gasteiger partial charge in [0, 0.05) is 35.0 Å². The molecule has 2 aromatic rings. The van der Waals surface area contributed by atoms with E-state index in [1.165, 1.54) is 32.1 Å². The maximum atomic E-state index is 13.1. The molecular formula is C21H28N2O2S. The van der Waals surface area contributed by atoms with Gasteiger partial charge in [0.05, 0.1) is 0 Å². The normalized spacial score (nSPS) is 21.6. The first-order valence-corrected chi connectivity index (χ1v) is 10.9. The molecule has 1 aliphatic carbocycles. The molecule has 2 N–H and O–H groups in total. The summed E-state index contributed by atoms with van der Waals surface area (Å²) in [6.45, 7) is 2.18. The predicted molar refractivity (Wildman–Crippen MR) is 107 cm³/mol. The molecular weight excluding hydrogens is 344 g/mol. The minimum atomic E-state index is 0.0383. The van der Waals surface area contributed by atoms with Crippen LogP contribution in [-0.2, 0) is 5.75 Å². The van der Waals surface area contributed by atoms with Crippen molar-refractivity contribution in [1.82, 2.24) is 4.90 Å². The second-order valence-electron chi connectivity index (χ2n) is 7.62. The van der Waals surface area contributed by atoms with Gasteiger partial charge in [-0.1, -0.05) is 37.5 Å². The fourth-order valence-corrected chi connectivity index (χ4v) is 5.56. The number of hydrogen-bond acceptors (Lipinski definition) is 4. The number of nitrogens with two attached hydrogens (primary N) is 1. The Hall–Kier alpha value is -1.46. The molecule has 1 aromatic heterocycles. The summed E-state index contributed by atoms with van der Waals surface area (Å²) in [4.78, 5) is 15.1. The minimum Gasteiger partial charge on any atom is -0.451 e. The summed E-state index contributed by atoms with van der Waals surface area (Å²) in [6, 6.07) is 8.05. The summed E-state index contributed by atoms with van der Waals surface area (Å²) in [6.07, 6.45) is 7.64.